The molecule has 0 saturated heterocycles. The highest BCUT2D eigenvalue weighted by molar-refractivity contribution is 5.55. The Kier molecular flexibility index (Phi) is 1.89. The first-order valence-electron chi connectivity index (χ1n) is 4.95. The van der Waals surface area contributed by atoms with Gasteiger partial charge >= 0.3 is 0 Å². The molecule has 3 aromatic heterocycles. The lowest BCUT2D eigenvalue weighted by molar-refractivity contribution is 0.877. The molecular formula is C11H9N5. The molecule has 0 amide bonds. The average molecular weight is 211 g/mol. The van der Waals surface area contributed by atoms with Gasteiger partial charge in [-0.2, -0.15) is 9.61 Å². The van der Waals surface area contributed by atoms with Gasteiger partial charge in [0.25, 0.3) is 0 Å². The molecule has 0 spiro atoms. The topological polar surface area (TPSA) is 56.0 Å². The number of hydrogen-bond donors (Lipinski definition) is 0. The molecule has 0 aliphatic heterocycles. The minimum Gasteiger partial charge on any atom is -0.255 e. The third-order valence-electron chi connectivity index (χ3n) is 2.35. The summed E-state index contributed by atoms with van der Waals surface area (Å²) in [6.07, 6.45) is 1.75. The highest BCUT2D eigenvalue weighted by atomic mass is 15.4. The van der Waals surface area contributed by atoms with Crippen molar-refractivity contribution in [3.05, 3.63) is 42.4 Å². The maximum Gasteiger partial charge on any atom is 0.177 e. The van der Waals surface area contributed by atoms with Crippen LogP contribution in [0, 0.1) is 6.92 Å². The Bertz CT molecular complexity index is 629. The van der Waals surface area contributed by atoms with Crippen molar-refractivity contribution in [1.82, 2.24) is 24.8 Å². The summed E-state index contributed by atoms with van der Waals surface area (Å²) < 4.78 is 1.71. The lowest BCUT2D eigenvalue weighted by Gasteiger charge is -2.00. The fourth-order valence-electron chi connectivity index (χ4n) is 1.55. The molecule has 3 rings (SSSR count). The summed E-state index contributed by atoms with van der Waals surface area (Å²) in [5.41, 5.74) is 2.41. The monoisotopic (exact) mass is 211 g/mol. The summed E-state index contributed by atoms with van der Waals surface area (Å²) >= 11 is 0. The van der Waals surface area contributed by atoms with E-state index < -0.39 is 0 Å². The number of fused-ring (bicyclic) bond motifs is 1. The van der Waals surface area contributed by atoms with E-state index in [2.05, 4.69) is 20.3 Å². The van der Waals surface area contributed by atoms with Crippen molar-refractivity contribution in [1.29, 1.82) is 0 Å². The van der Waals surface area contributed by atoms with Crippen molar-refractivity contribution in [3.63, 3.8) is 0 Å². The van der Waals surface area contributed by atoms with E-state index in [4.69, 9.17) is 0 Å². The van der Waals surface area contributed by atoms with E-state index in [0.29, 0.717) is 0 Å². The standard InChI is InChI=1S/C11H9N5/c1-8-13-14-11-6-5-10(15-16(8)11)9-4-2-3-7-12-9/h2-7H,1H3. The Balaban J connectivity index is 2.22. The fourth-order valence-corrected chi connectivity index (χ4v) is 1.55. The largest absolute Gasteiger partial charge is 0.255 e. The molecule has 5 nitrogen and oxygen atoms in total. The van der Waals surface area contributed by atoms with Gasteiger partial charge in [-0.1, -0.05) is 6.07 Å². The van der Waals surface area contributed by atoms with Gasteiger partial charge in [0.2, 0.25) is 0 Å². The third kappa shape index (κ3) is 1.33. The van der Waals surface area contributed by atoms with Crippen LogP contribution in [-0.2, 0) is 0 Å². The Hall–Kier alpha value is -2.30. The lowest BCUT2D eigenvalue weighted by atomic mass is 10.2. The highest BCUT2D eigenvalue weighted by Crippen LogP contribution is 2.13. The molecule has 0 aliphatic carbocycles. The molecule has 0 N–H and O–H groups in total. The van der Waals surface area contributed by atoms with Crippen LogP contribution in [0.5, 0.6) is 0 Å². The Labute approximate surface area is 91.8 Å². The zero-order chi connectivity index (χ0) is 11.0. The normalized spacial score (nSPS) is 10.8. The van der Waals surface area contributed by atoms with Crippen LogP contribution in [0.15, 0.2) is 36.5 Å². The SMILES string of the molecule is Cc1nnc2ccc(-c3ccccn3)nn12. The third-order valence-corrected chi connectivity index (χ3v) is 2.35. The first-order chi connectivity index (χ1) is 7.84. The minimum atomic E-state index is 0.747. The second-order valence-electron chi connectivity index (χ2n) is 3.45. The number of hydrogen-bond acceptors (Lipinski definition) is 4. The number of aryl methyl sites for hydroxylation is 1. The molecule has 3 aromatic rings. The molecule has 0 atom stereocenters. The molecule has 0 unspecified atom stereocenters. The van der Waals surface area contributed by atoms with Crippen molar-refractivity contribution in [2.45, 2.75) is 6.92 Å². The van der Waals surface area contributed by atoms with Crippen molar-refractivity contribution in [2.24, 2.45) is 0 Å². The van der Waals surface area contributed by atoms with Crippen LogP contribution >= 0.6 is 0 Å². The van der Waals surface area contributed by atoms with E-state index in [1.807, 2.05) is 37.3 Å². The van der Waals surface area contributed by atoms with Gasteiger partial charge in [0.05, 0.1) is 5.69 Å². The van der Waals surface area contributed by atoms with Crippen LogP contribution in [0.4, 0.5) is 0 Å². The number of pyridine rings is 1. The van der Waals surface area contributed by atoms with Gasteiger partial charge in [0.1, 0.15) is 5.69 Å². The molecule has 16 heavy (non-hydrogen) atoms. The summed E-state index contributed by atoms with van der Waals surface area (Å²) in [6.45, 7) is 1.87. The van der Waals surface area contributed by atoms with Gasteiger partial charge < -0.3 is 0 Å². The quantitative estimate of drug-likeness (QED) is 0.612. The van der Waals surface area contributed by atoms with Crippen LogP contribution in [0.3, 0.4) is 0 Å². The van der Waals surface area contributed by atoms with Crippen molar-refractivity contribution in [3.8, 4) is 11.4 Å². The second kappa shape index (κ2) is 3.37. The predicted molar refractivity (Wildman–Crippen MR) is 58.8 cm³/mol. The molecule has 0 aromatic carbocycles. The van der Waals surface area contributed by atoms with Crippen molar-refractivity contribution < 1.29 is 0 Å². The van der Waals surface area contributed by atoms with E-state index >= 15 is 0 Å². The molecule has 0 fully saturated rings. The van der Waals surface area contributed by atoms with Crippen molar-refractivity contribution in [2.75, 3.05) is 0 Å². The fraction of sp³-hybridized carbons (Fsp3) is 0.0909. The minimum absolute atomic E-state index is 0.747. The van der Waals surface area contributed by atoms with E-state index in [0.717, 1.165) is 22.9 Å². The predicted octanol–water partition coefficient (Wildman–Crippen LogP) is 1.49. The van der Waals surface area contributed by atoms with Crippen LogP contribution in [0.2, 0.25) is 0 Å². The molecule has 5 heteroatoms. The number of aromatic nitrogens is 5. The highest BCUT2D eigenvalue weighted by Gasteiger charge is 2.05. The molecule has 0 bridgehead atoms. The Morgan fingerprint density at radius 1 is 1.00 bits per heavy atom. The zero-order valence-electron chi connectivity index (χ0n) is 8.70. The van der Waals surface area contributed by atoms with Gasteiger partial charge in [-0.25, -0.2) is 0 Å². The summed E-state index contributed by atoms with van der Waals surface area (Å²) in [4.78, 5) is 4.25. The molecule has 78 valence electrons. The lowest BCUT2D eigenvalue weighted by Crippen LogP contribution is -1.97. The Morgan fingerprint density at radius 3 is 2.75 bits per heavy atom. The summed E-state index contributed by atoms with van der Waals surface area (Å²) in [6, 6.07) is 9.52. The number of rotatable bonds is 1. The second-order valence-corrected chi connectivity index (χ2v) is 3.45. The van der Waals surface area contributed by atoms with E-state index in [9.17, 15) is 0 Å². The first-order valence-corrected chi connectivity index (χ1v) is 4.95. The molecular weight excluding hydrogens is 202 g/mol. The zero-order valence-corrected chi connectivity index (χ0v) is 8.70. The smallest absolute Gasteiger partial charge is 0.177 e. The van der Waals surface area contributed by atoms with Gasteiger partial charge in [-0.15, -0.1) is 10.2 Å². The molecule has 3 heterocycles. The van der Waals surface area contributed by atoms with Crippen LogP contribution < -0.4 is 0 Å². The van der Waals surface area contributed by atoms with E-state index in [1.54, 1.807) is 10.7 Å². The van der Waals surface area contributed by atoms with Crippen molar-refractivity contribution >= 4 is 5.65 Å². The molecule has 0 aliphatic rings. The summed E-state index contributed by atoms with van der Waals surface area (Å²) in [5.74, 6) is 0.771. The maximum atomic E-state index is 4.43. The van der Waals surface area contributed by atoms with Gasteiger partial charge in [0, 0.05) is 6.20 Å². The Morgan fingerprint density at radius 2 is 1.94 bits per heavy atom. The van der Waals surface area contributed by atoms with Gasteiger partial charge in [0.15, 0.2) is 11.5 Å². The molecule has 0 saturated carbocycles. The first kappa shape index (κ1) is 8.96. The molecule has 0 radical (unpaired) electrons. The van der Waals surface area contributed by atoms with Crippen LogP contribution in [-0.4, -0.2) is 24.8 Å². The maximum absolute atomic E-state index is 4.43. The van der Waals surface area contributed by atoms with E-state index in [-0.39, 0.29) is 0 Å². The summed E-state index contributed by atoms with van der Waals surface area (Å²) in [5, 5.41) is 12.4. The van der Waals surface area contributed by atoms with E-state index in [1.165, 1.54) is 0 Å². The van der Waals surface area contributed by atoms with Gasteiger partial charge in [-0.3, -0.25) is 4.98 Å². The summed E-state index contributed by atoms with van der Waals surface area (Å²) in [7, 11) is 0. The van der Waals surface area contributed by atoms with Gasteiger partial charge in [-0.05, 0) is 31.2 Å². The van der Waals surface area contributed by atoms with Crippen LogP contribution in [0.25, 0.3) is 17.0 Å². The average Bonchev–Trinajstić information content (AvgIpc) is 2.72. The number of nitrogens with zero attached hydrogens (tertiary/aromatic N) is 5. The van der Waals surface area contributed by atoms with Crippen LogP contribution in [0.1, 0.15) is 5.82 Å².